The number of nitrogens with one attached hydrogen (secondary N) is 1. The van der Waals surface area contributed by atoms with E-state index in [2.05, 4.69) is 50.0 Å². The standard InChI is InChI=1S/C15H19BrN4/c1-4-6-11-13(16)15(17-5-2)20-14(19-11)12-8-7-10(3)9-18-12/h7-9H,4-6H2,1-3H3,(H,17,19,20). The molecule has 20 heavy (non-hydrogen) atoms. The van der Waals surface area contributed by atoms with Crippen LogP contribution >= 0.6 is 15.9 Å². The fraction of sp³-hybridized carbons (Fsp3) is 0.400. The number of hydrogen-bond donors (Lipinski definition) is 1. The van der Waals surface area contributed by atoms with Crippen molar-refractivity contribution in [3.05, 3.63) is 34.1 Å². The second-order valence-electron chi connectivity index (χ2n) is 4.66. The first-order valence-corrected chi connectivity index (χ1v) is 7.68. The van der Waals surface area contributed by atoms with Gasteiger partial charge in [0.1, 0.15) is 11.5 Å². The maximum atomic E-state index is 4.64. The van der Waals surface area contributed by atoms with Crippen molar-refractivity contribution < 1.29 is 0 Å². The largest absolute Gasteiger partial charge is 0.369 e. The minimum Gasteiger partial charge on any atom is -0.369 e. The fourth-order valence-electron chi connectivity index (χ4n) is 1.90. The molecule has 0 aromatic carbocycles. The zero-order valence-electron chi connectivity index (χ0n) is 12.1. The highest BCUT2D eigenvalue weighted by molar-refractivity contribution is 9.10. The van der Waals surface area contributed by atoms with Gasteiger partial charge < -0.3 is 5.32 Å². The Bertz CT molecular complexity index is 554. The van der Waals surface area contributed by atoms with Gasteiger partial charge in [-0.05, 0) is 47.8 Å². The molecule has 106 valence electrons. The van der Waals surface area contributed by atoms with Crippen LogP contribution in [0.5, 0.6) is 0 Å². The lowest BCUT2D eigenvalue weighted by Gasteiger charge is -2.11. The van der Waals surface area contributed by atoms with Crippen molar-refractivity contribution >= 4 is 21.7 Å². The number of anilines is 1. The molecule has 2 rings (SSSR count). The highest BCUT2D eigenvalue weighted by Gasteiger charge is 2.13. The summed E-state index contributed by atoms with van der Waals surface area (Å²) in [4.78, 5) is 13.6. The number of nitrogens with zero attached hydrogens (tertiary/aromatic N) is 3. The highest BCUT2D eigenvalue weighted by atomic mass is 79.9. The molecule has 2 aromatic rings. The molecule has 0 radical (unpaired) electrons. The average molecular weight is 335 g/mol. The van der Waals surface area contributed by atoms with Crippen molar-refractivity contribution in [2.45, 2.75) is 33.6 Å². The van der Waals surface area contributed by atoms with E-state index < -0.39 is 0 Å². The summed E-state index contributed by atoms with van der Waals surface area (Å²) in [6.07, 6.45) is 3.80. The molecule has 2 heterocycles. The van der Waals surface area contributed by atoms with Gasteiger partial charge in [-0.15, -0.1) is 0 Å². The van der Waals surface area contributed by atoms with E-state index in [1.54, 1.807) is 0 Å². The van der Waals surface area contributed by atoms with Crippen LogP contribution < -0.4 is 5.32 Å². The fourth-order valence-corrected chi connectivity index (χ4v) is 2.41. The van der Waals surface area contributed by atoms with Crippen molar-refractivity contribution in [1.29, 1.82) is 0 Å². The van der Waals surface area contributed by atoms with Crippen LogP contribution in [0.15, 0.2) is 22.8 Å². The summed E-state index contributed by atoms with van der Waals surface area (Å²) in [5.41, 5.74) is 2.96. The van der Waals surface area contributed by atoms with Crippen LogP contribution in [0.25, 0.3) is 11.5 Å². The third kappa shape index (κ3) is 3.33. The summed E-state index contributed by atoms with van der Waals surface area (Å²) < 4.78 is 0.956. The molecular formula is C15H19BrN4. The van der Waals surface area contributed by atoms with Gasteiger partial charge in [0.2, 0.25) is 0 Å². The average Bonchev–Trinajstić information content (AvgIpc) is 2.44. The van der Waals surface area contributed by atoms with Gasteiger partial charge in [0.05, 0.1) is 10.2 Å². The molecule has 0 spiro atoms. The topological polar surface area (TPSA) is 50.7 Å². The van der Waals surface area contributed by atoms with Gasteiger partial charge in [0.15, 0.2) is 5.82 Å². The number of aromatic nitrogens is 3. The zero-order valence-corrected chi connectivity index (χ0v) is 13.7. The van der Waals surface area contributed by atoms with Crippen LogP contribution in [0, 0.1) is 6.92 Å². The van der Waals surface area contributed by atoms with E-state index in [-0.39, 0.29) is 0 Å². The van der Waals surface area contributed by atoms with Crippen molar-refractivity contribution in [2.24, 2.45) is 0 Å². The predicted molar refractivity (Wildman–Crippen MR) is 85.9 cm³/mol. The molecule has 0 aliphatic carbocycles. The molecule has 0 amide bonds. The smallest absolute Gasteiger partial charge is 0.180 e. The SMILES string of the molecule is CCCc1nc(-c2ccc(C)cn2)nc(NCC)c1Br. The molecule has 0 fully saturated rings. The second kappa shape index (κ2) is 6.79. The maximum absolute atomic E-state index is 4.64. The minimum absolute atomic E-state index is 0.674. The molecule has 5 heteroatoms. The van der Waals surface area contributed by atoms with Gasteiger partial charge in [-0.2, -0.15) is 0 Å². The summed E-state index contributed by atoms with van der Waals surface area (Å²) in [5.74, 6) is 1.51. The quantitative estimate of drug-likeness (QED) is 0.897. The Kier molecular flexibility index (Phi) is 5.06. The lowest BCUT2D eigenvalue weighted by molar-refractivity contribution is 0.866. The number of rotatable bonds is 5. The third-order valence-corrected chi connectivity index (χ3v) is 3.72. The molecule has 0 aliphatic rings. The van der Waals surface area contributed by atoms with Gasteiger partial charge in [0, 0.05) is 12.7 Å². The number of aryl methyl sites for hydroxylation is 2. The van der Waals surface area contributed by atoms with Crippen molar-refractivity contribution in [3.63, 3.8) is 0 Å². The van der Waals surface area contributed by atoms with E-state index in [4.69, 9.17) is 0 Å². The summed E-state index contributed by atoms with van der Waals surface area (Å²) in [7, 11) is 0. The van der Waals surface area contributed by atoms with Gasteiger partial charge in [-0.25, -0.2) is 9.97 Å². The summed E-state index contributed by atoms with van der Waals surface area (Å²) >= 11 is 3.59. The molecule has 0 aliphatic heterocycles. The van der Waals surface area contributed by atoms with Crippen molar-refractivity contribution in [1.82, 2.24) is 15.0 Å². The normalized spacial score (nSPS) is 10.6. The van der Waals surface area contributed by atoms with Crippen molar-refractivity contribution in [2.75, 3.05) is 11.9 Å². The van der Waals surface area contributed by atoms with E-state index in [1.807, 2.05) is 25.3 Å². The van der Waals surface area contributed by atoms with E-state index in [0.717, 1.165) is 46.6 Å². The molecule has 4 nitrogen and oxygen atoms in total. The molecule has 0 saturated carbocycles. The Morgan fingerprint density at radius 2 is 2.00 bits per heavy atom. The van der Waals surface area contributed by atoms with Crippen LogP contribution in [0.2, 0.25) is 0 Å². The number of hydrogen-bond acceptors (Lipinski definition) is 4. The number of halogens is 1. The van der Waals surface area contributed by atoms with Gasteiger partial charge >= 0.3 is 0 Å². The van der Waals surface area contributed by atoms with E-state index in [0.29, 0.717) is 5.82 Å². The molecule has 0 atom stereocenters. The van der Waals surface area contributed by atoms with Crippen LogP contribution in [0.1, 0.15) is 31.5 Å². The van der Waals surface area contributed by atoms with Crippen molar-refractivity contribution in [3.8, 4) is 11.5 Å². The molecule has 1 N–H and O–H groups in total. The van der Waals surface area contributed by atoms with Crippen LogP contribution in [0.4, 0.5) is 5.82 Å². The Hall–Kier alpha value is -1.49. The Balaban J connectivity index is 2.49. The predicted octanol–water partition coefficient (Wildman–Crippen LogP) is 3.99. The Morgan fingerprint density at radius 1 is 1.20 bits per heavy atom. The van der Waals surface area contributed by atoms with E-state index >= 15 is 0 Å². The van der Waals surface area contributed by atoms with Crippen LogP contribution in [0.3, 0.4) is 0 Å². The van der Waals surface area contributed by atoms with Gasteiger partial charge in [-0.1, -0.05) is 19.4 Å². The summed E-state index contributed by atoms with van der Waals surface area (Å²) in [6.45, 7) is 7.04. The summed E-state index contributed by atoms with van der Waals surface area (Å²) in [6, 6.07) is 3.99. The van der Waals surface area contributed by atoms with E-state index in [1.165, 1.54) is 0 Å². The Morgan fingerprint density at radius 3 is 2.60 bits per heavy atom. The highest BCUT2D eigenvalue weighted by Crippen LogP contribution is 2.27. The van der Waals surface area contributed by atoms with E-state index in [9.17, 15) is 0 Å². The minimum atomic E-state index is 0.674. The lowest BCUT2D eigenvalue weighted by Crippen LogP contribution is -2.06. The molecule has 0 unspecified atom stereocenters. The molecule has 2 aromatic heterocycles. The zero-order chi connectivity index (χ0) is 14.5. The number of pyridine rings is 1. The van der Waals surface area contributed by atoms with Gasteiger partial charge in [0.25, 0.3) is 0 Å². The third-order valence-electron chi connectivity index (χ3n) is 2.89. The Labute approximate surface area is 128 Å². The van der Waals surface area contributed by atoms with Crippen LogP contribution in [-0.2, 0) is 6.42 Å². The molecule has 0 bridgehead atoms. The lowest BCUT2D eigenvalue weighted by atomic mass is 10.2. The molecule has 0 saturated heterocycles. The van der Waals surface area contributed by atoms with Gasteiger partial charge in [-0.3, -0.25) is 4.98 Å². The monoisotopic (exact) mass is 334 g/mol. The molecular weight excluding hydrogens is 316 g/mol. The first-order chi connectivity index (χ1) is 9.65. The van der Waals surface area contributed by atoms with Crippen LogP contribution in [-0.4, -0.2) is 21.5 Å². The first kappa shape index (κ1) is 14.9. The summed E-state index contributed by atoms with van der Waals surface area (Å²) in [5, 5.41) is 3.27. The second-order valence-corrected chi connectivity index (χ2v) is 5.45. The first-order valence-electron chi connectivity index (χ1n) is 6.89. The maximum Gasteiger partial charge on any atom is 0.180 e.